The largest absolute Gasteiger partial charge is 1.00 e. The zero-order valence-electron chi connectivity index (χ0n) is 13.5. The van der Waals surface area contributed by atoms with Crippen molar-refractivity contribution in [1.29, 1.82) is 0 Å². The first-order valence-corrected chi connectivity index (χ1v) is 10.2. The predicted octanol–water partition coefficient (Wildman–Crippen LogP) is -0.196. The molecule has 7 nitrogen and oxygen atoms in total. The molecule has 22 heavy (non-hydrogen) atoms. The fourth-order valence-electron chi connectivity index (χ4n) is 1.77. The first-order chi connectivity index (χ1) is 9.56. The monoisotopic (exact) mass is 370 g/mol. The van der Waals surface area contributed by atoms with E-state index >= 15 is 0 Å². The Balaban J connectivity index is -0.000000520. The van der Waals surface area contributed by atoms with E-state index in [-0.39, 0.29) is 35.3 Å². The van der Waals surface area contributed by atoms with E-state index < -0.39 is 20.5 Å². The second-order valence-corrected chi connectivity index (χ2v) is 7.31. The SMILES string of the molecule is CCCCCCCCCCCCS(=O)(=O)[O-].O=S(=O)(O)O.[Na+]. The molecule has 0 aromatic heterocycles. The molecule has 0 fully saturated rings. The average Bonchev–Trinajstić information content (AvgIpc) is 2.28. The molecule has 0 heterocycles. The quantitative estimate of drug-likeness (QED) is 0.292. The van der Waals surface area contributed by atoms with E-state index in [4.69, 9.17) is 17.5 Å². The Morgan fingerprint density at radius 3 is 1.27 bits per heavy atom. The van der Waals surface area contributed by atoms with Crippen LogP contribution in [0.25, 0.3) is 0 Å². The normalized spacial score (nSPS) is 11.3. The van der Waals surface area contributed by atoms with Gasteiger partial charge >= 0.3 is 40.0 Å². The van der Waals surface area contributed by atoms with Crippen molar-refractivity contribution in [2.75, 3.05) is 5.75 Å². The van der Waals surface area contributed by atoms with Gasteiger partial charge in [0.05, 0.1) is 10.1 Å². The van der Waals surface area contributed by atoms with Gasteiger partial charge in [-0.15, -0.1) is 0 Å². The standard InChI is InChI=1S/C12H26O3S.Na.H2O4S/c1-2-3-4-5-6-7-8-9-10-11-12-16(13,14)15;;1-5(2,3)4/h2-12H2,1H3,(H,13,14,15);;(H2,1,2,3,4)/q;+1;/p-1. The summed E-state index contributed by atoms with van der Waals surface area (Å²) in [6.45, 7) is 2.21. The van der Waals surface area contributed by atoms with Gasteiger partial charge in [-0.2, -0.15) is 8.42 Å². The van der Waals surface area contributed by atoms with E-state index in [2.05, 4.69) is 6.92 Å². The smallest absolute Gasteiger partial charge is 0.748 e. The second-order valence-electron chi connectivity index (χ2n) is 4.89. The van der Waals surface area contributed by atoms with Crippen LogP contribution in [0.4, 0.5) is 0 Å². The molecule has 0 radical (unpaired) electrons. The third kappa shape index (κ3) is 42.8. The molecule has 0 unspecified atom stereocenters. The summed E-state index contributed by atoms with van der Waals surface area (Å²) in [7, 11) is -8.65. The molecule has 10 heteroatoms. The average molecular weight is 370 g/mol. The Kier molecular flexibility index (Phi) is 20.9. The van der Waals surface area contributed by atoms with Crippen molar-refractivity contribution in [2.45, 2.75) is 71.1 Å². The minimum Gasteiger partial charge on any atom is -0.748 e. The van der Waals surface area contributed by atoms with Crippen molar-refractivity contribution >= 4 is 20.5 Å². The first-order valence-electron chi connectivity index (χ1n) is 7.19. The van der Waals surface area contributed by atoms with Crippen LogP contribution in [0.1, 0.15) is 71.1 Å². The molecule has 0 bridgehead atoms. The number of rotatable bonds is 11. The van der Waals surface area contributed by atoms with Gasteiger partial charge in [0.25, 0.3) is 0 Å². The van der Waals surface area contributed by atoms with Crippen LogP contribution in [0.15, 0.2) is 0 Å². The molecular weight excluding hydrogens is 343 g/mol. The van der Waals surface area contributed by atoms with Gasteiger partial charge in [-0.1, -0.05) is 64.7 Å². The van der Waals surface area contributed by atoms with Gasteiger partial charge < -0.3 is 4.55 Å². The van der Waals surface area contributed by atoms with Gasteiger partial charge in [0.1, 0.15) is 0 Å². The second kappa shape index (κ2) is 16.6. The minimum atomic E-state index is -4.67. The molecule has 0 aliphatic heterocycles. The Bertz CT molecular complexity index is 413. The van der Waals surface area contributed by atoms with Crippen molar-refractivity contribution < 1.29 is 60.1 Å². The first kappa shape index (κ1) is 27.6. The van der Waals surface area contributed by atoms with Gasteiger partial charge in [0.15, 0.2) is 0 Å². The van der Waals surface area contributed by atoms with Crippen LogP contribution in [0, 0.1) is 0 Å². The van der Waals surface area contributed by atoms with Crippen LogP contribution in [0.2, 0.25) is 0 Å². The number of unbranched alkanes of at least 4 members (excludes halogenated alkanes) is 9. The topological polar surface area (TPSA) is 132 Å². The van der Waals surface area contributed by atoms with Gasteiger partial charge in [-0.05, 0) is 6.42 Å². The van der Waals surface area contributed by atoms with Crippen molar-refractivity contribution in [2.24, 2.45) is 0 Å². The summed E-state index contributed by atoms with van der Waals surface area (Å²) in [4.78, 5) is 0. The van der Waals surface area contributed by atoms with E-state index in [0.29, 0.717) is 6.42 Å². The maximum Gasteiger partial charge on any atom is 1.00 e. The fourth-order valence-corrected chi connectivity index (χ4v) is 2.32. The third-order valence-corrected chi connectivity index (χ3v) is 3.54. The van der Waals surface area contributed by atoms with Crippen LogP contribution < -0.4 is 29.6 Å². The number of hydrogen-bond donors (Lipinski definition) is 2. The Hall–Kier alpha value is 0.780. The molecule has 0 saturated carbocycles. The summed E-state index contributed by atoms with van der Waals surface area (Å²) in [5.41, 5.74) is 0. The Morgan fingerprint density at radius 2 is 1.00 bits per heavy atom. The molecule has 0 saturated heterocycles. The molecule has 2 N–H and O–H groups in total. The van der Waals surface area contributed by atoms with E-state index in [1.54, 1.807) is 0 Å². The summed E-state index contributed by atoms with van der Waals surface area (Å²) in [5, 5.41) is 0. The molecule has 0 spiro atoms. The van der Waals surface area contributed by atoms with Crippen LogP contribution in [-0.2, 0) is 20.5 Å². The van der Waals surface area contributed by atoms with E-state index in [1.807, 2.05) is 0 Å². The molecule has 0 aliphatic carbocycles. The number of hydrogen-bond acceptors (Lipinski definition) is 5. The maximum absolute atomic E-state index is 10.3. The molecule has 0 atom stereocenters. The molecule has 0 amide bonds. The molecule has 130 valence electrons. The predicted molar refractivity (Wildman–Crippen MR) is 80.6 cm³/mol. The van der Waals surface area contributed by atoms with Crippen molar-refractivity contribution in [3.05, 3.63) is 0 Å². The molecule has 0 aliphatic rings. The Morgan fingerprint density at radius 1 is 0.727 bits per heavy atom. The minimum absolute atomic E-state index is 0. The van der Waals surface area contributed by atoms with Crippen LogP contribution in [0.5, 0.6) is 0 Å². The van der Waals surface area contributed by atoms with Gasteiger partial charge in [-0.3, -0.25) is 9.11 Å². The summed E-state index contributed by atoms with van der Waals surface area (Å²) >= 11 is 0. The zero-order valence-corrected chi connectivity index (χ0v) is 17.2. The van der Waals surface area contributed by atoms with Crippen LogP contribution in [-0.4, -0.2) is 36.2 Å². The molecule has 0 rings (SSSR count). The Labute approximate surface area is 156 Å². The fraction of sp³-hybridized carbons (Fsp3) is 1.00. The summed E-state index contributed by atoms with van der Waals surface area (Å²) in [6, 6.07) is 0. The summed E-state index contributed by atoms with van der Waals surface area (Å²) in [6.07, 6.45) is 11.4. The van der Waals surface area contributed by atoms with Gasteiger partial charge in [-0.25, -0.2) is 8.42 Å². The summed E-state index contributed by atoms with van der Waals surface area (Å²) < 4.78 is 62.5. The van der Waals surface area contributed by atoms with Crippen molar-refractivity contribution in [1.82, 2.24) is 0 Å². The zero-order chi connectivity index (χ0) is 16.8. The molecule has 0 aromatic rings. The van der Waals surface area contributed by atoms with Crippen molar-refractivity contribution in [3.8, 4) is 0 Å². The third-order valence-electron chi connectivity index (χ3n) is 2.75. The van der Waals surface area contributed by atoms with Crippen molar-refractivity contribution in [3.63, 3.8) is 0 Å². The van der Waals surface area contributed by atoms with Crippen LogP contribution in [0.3, 0.4) is 0 Å². The van der Waals surface area contributed by atoms with E-state index in [0.717, 1.165) is 12.8 Å². The van der Waals surface area contributed by atoms with E-state index in [1.165, 1.54) is 44.9 Å². The van der Waals surface area contributed by atoms with Gasteiger partial charge in [0.2, 0.25) is 0 Å². The summed E-state index contributed by atoms with van der Waals surface area (Å²) in [5.74, 6) is -0.191. The molecular formula is C12H27NaO7S2. The molecule has 0 aromatic carbocycles. The van der Waals surface area contributed by atoms with Gasteiger partial charge in [0, 0.05) is 5.75 Å². The maximum atomic E-state index is 10.3. The van der Waals surface area contributed by atoms with Crippen LogP contribution >= 0.6 is 0 Å². The van der Waals surface area contributed by atoms with E-state index in [9.17, 15) is 13.0 Å².